The molecule has 0 unspecified atom stereocenters. The molecule has 0 aromatic carbocycles. The smallest absolute Gasteiger partial charge is 0.315 e. The number of Topliss-reactive ketones (excluding diaryl/α,β-unsaturated/α-hetero) is 1. The highest BCUT2D eigenvalue weighted by Crippen LogP contribution is 2.65. The van der Waals surface area contributed by atoms with Gasteiger partial charge in [0.1, 0.15) is 17.6 Å². The Labute approximate surface area is 289 Å². The molecule has 7 amide bonds. The molecule has 2 saturated heterocycles. The Hall–Kier alpha value is -3.51. The van der Waals surface area contributed by atoms with Gasteiger partial charge in [-0.3, -0.25) is 33.7 Å². The summed E-state index contributed by atoms with van der Waals surface area (Å²) in [5.41, 5.74) is -3.16. The van der Waals surface area contributed by atoms with Gasteiger partial charge < -0.3 is 26.2 Å². The zero-order valence-electron chi connectivity index (χ0n) is 30.9. The number of amides is 7. The summed E-state index contributed by atoms with van der Waals surface area (Å²) < 4.78 is 0. The summed E-state index contributed by atoms with van der Waals surface area (Å²) in [6.07, 6.45) is 2.86. The van der Waals surface area contributed by atoms with Crippen molar-refractivity contribution in [1.29, 1.82) is 0 Å². The molecular weight excluding hydrogens is 628 g/mol. The molecule has 13 nitrogen and oxygen atoms in total. The van der Waals surface area contributed by atoms with Crippen LogP contribution in [-0.2, 0) is 28.8 Å². The van der Waals surface area contributed by atoms with Crippen LogP contribution in [0, 0.1) is 33.5 Å². The minimum Gasteiger partial charge on any atom is -0.347 e. The molecule has 5 aliphatic rings. The summed E-state index contributed by atoms with van der Waals surface area (Å²) >= 11 is 0. The van der Waals surface area contributed by atoms with Crippen molar-refractivity contribution in [1.82, 2.24) is 31.1 Å². The lowest BCUT2D eigenvalue weighted by atomic mass is 9.80. The first-order valence-electron chi connectivity index (χ1n) is 17.8. The Bertz CT molecular complexity index is 1430. The predicted molar refractivity (Wildman–Crippen MR) is 180 cm³/mol. The standard InChI is InChI=1S/C36H56N6O7/c1-32(2,3)21(18-41-22(43)15-34(7,8)16-23(41)44)38-31(49)39-26(33(4,5)6)30(48)42-17-20-24(35(20,9)10)25(42)28(46)40-36(13-14-36)27(45)29(47)37-19-11-12-19/h19-21,24-26H,11-18H2,1-10H3,(H,37,47)(H,40,46)(H2,38,39,49)/t20-,21+,24-,25-,26+/m0/s1. The van der Waals surface area contributed by atoms with Crippen LogP contribution in [0.5, 0.6) is 0 Å². The van der Waals surface area contributed by atoms with Gasteiger partial charge in [0.15, 0.2) is 0 Å². The topological polar surface area (TPSA) is 174 Å². The maximum absolute atomic E-state index is 14.4. The molecule has 5 atom stereocenters. The first-order chi connectivity index (χ1) is 22.4. The minimum atomic E-state index is -1.25. The number of carbonyl (C=O) groups excluding carboxylic acids is 7. The Balaban J connectivity index is 1.30. The van der Waals surface area contributed by atoms with Crippen molar-refractivity contribution in [2.45, 2.75) is 137 Å². The third-order valence-electron chi connectivity index (χ3n) is 11.4. The van der Waals surface area contributed by atoms with Gasteiger partial charge in [0, 0.05) is 32.0 Å². The average molecular weight is 685 g/mol. The molecule has 0 aromatic heterocycles. The zero-order valence-corrected chi connectivity index (χ0v) is 30.9. The Kier molecular flexibility index (Phi) is 9.06. The van der Waals surface area contributed by atoms with Crippen molar-refractivity contribution < 1.29 is 33.6 Å². The number of rotatable bonds is 10. The maximum atomic E-state index is 14.4. The highest BCUT2D eigenvalue weighted by atomic mass is 16.2. The van der Waals surface area contributed by atoms with Crippen molar-refractivity contribution in [2.24, 2.45) is 33.5 Å². The van der Waals surface area contributed by atoms with Gasteiger partial charge in [-0.05, 0) is 59.2 Å². The molecule has 13 heteroatoms. The number of piperidine rings is 2. The normalized spacial score (nSPS) is 27.8. The molecule has 5 fully saturated rings. The van der Waals surface area contributed by atoms with E-state index in [0.717, 1.165) is 12.8 Å². The summed E-state index contributed by atoms with van der Waals surface area (Å²) in [4.78, 5) is 96.3. The van der Waals surface area contributed by atoms with Gasteiger partial charge in [-0.15, -0.1) is 0 Å². The lowest BCUT2D eigenvalue weighted by molar-refractivity contribution is -0.153. The van der Waals surface area contributed by atoms with Gasteiger partial charge in [-0.2, -0.15) is 0 Å². The summed E-state index contributed by atoms with van der Waals surface area (Å²) in [7, 11) is 0. The molecule has 4 N–H and O–H groups in total. The number of hydrogen-bond donors (Lipinski definition) is 4. The molecule has 0 bridgehead atoms. The minimum absolute atomic E-state index is 0.00472. The third-order valence-corrected chi connectivity index (χ3v) is 11.4. The van der Waals surface area contributed by atoms with E-state index in [1.165, 1.54) is 9.80 Å². The zero-order chi connectivity index (χ0) is 36.6. The van der Waals surface area contributed by atoms with Crippen molar-refractivity contribution in [3.63, 3.8) is 0 Å². The van der Waals surface area contributed by atoms with Crippen LogP contribution in [0.1, 0.15) is 108 Å². The van der Waals surface area contributed by atoms with Gasteiger partial charge in [-0.1, -0.05) is 69.2 Å². The number of nitrogens with zero attached hydrogens (tertiary/aromatic N) is 2. The Morgan fingerprint density at radius 3 is 1.92 bits per heavy atom. The predicted octanol–water partition coefficient (Wildman–Crippen LogP) is 2.27. The van der Waals surface area contributed by atoms with Crippen LogP contribution in [0.4, 0.5) is 4.79 Å². The van der Waals surface area contributed by atoms with E-state index in [4.69, 9.17) is 0 Å². The van der Waals surface area contributed by atoms with E-state index in [0.29, 0.717) is 19.4 Å². The molecule has 0 spiro atoms. The first kappa shape index (κ1) is 36.8. The van der Waals surface area contributed by atoms with Crippen molar-refractivity contribution >= 4 is 41.4 Å². The molecular formula is C36H56N6O7. The largest absolute Gasteiger partial charge is 0.347 e. The fourth-order valence-corrected chi connectivity index (χ4v) is 7.63. The van der Waals surface area contributed by atoms with Crippen molar-refractivity contribution in [2.75, 3.05) is 13.1 Å². The van der Waals surface area contributed by atoms with Gasteiger partial charge >= 0.3 is 6.03 Å². The quantitative estimate of drug-likeness (QED) is 0.202. The number of ketones is 1. The first-order valence-corrected chi connectivity index (χ1v) is 17.8. The van der Waals surface area contributed by atoms with Gasteiger partial charge in [0.2, 0.25) is 29.4 Å². The van der Waals surface area contributed by atoms with Gasteiger partial charge in [-0.25, -0.2) is 4.79 Å². The molecule has 3 saturated carbocycles. The molecule has 5 rings (SSSR count). The van der Waals surface area contributed by atoms with E-state index in [1.54, 1.807) is 0 Å². The number of hydrogen-bond acceptors (Lipinski definition) is 7. The lowest BCUT2D eigenvalue weighted by Gasteiger charge is -2.40. The number of likely N-dealkylation sites (tertiary alicyclic amines) is 2. The molecule has 0 radical (unpaired) electrons. The van der Waals surface area contributed by atoms with Crippen LogP contribution >= 0.6 is 0 Å². The summed E-state index contributed by atoms with van der Waals surface area (Å²) in [6, 6.07) is -3.11. The third kappa shape index (κ3) is 7.50. The average Bonchev–Trinajstić information content (AvgIpc) is 3.91. The number of imide groups is 1. The Morgan fingerprint density at radius 2 is 1.43 bits per heavy atom. The van der Waals surface area contributed by atoms with E-state index < -0.39 is 69.4 Å². The highest BCUT2D eigenvalue weighted by Gasteiger charge is 2.70. The van der Waals surface area contributed by atoms with Gasteiger partial charge in [0.05, 0.1) is 6.04 Å². The van der Waals surface area contributed by atoms with Crippen LogP contribution in [0.25, 0.3) is 0 Å². The van der Waals surface area contributed by atoms with E-state index in [9.17, 15) is 33.6 Å². The second-order valence-corrected chi connectivity index (χ2v) is 18.8. The fourth-order valence-electron chi connectivity index (χ4n) is 7.63. The van der Waals surface area contributed by atoms with Crippen LogP contribution < -0.4 is 21.3 Å². The highest BCUT2D eigenvalue weighted by molar-refractivity contribution is 6.41. The SMILES string of the molecule is CC1(C)CC(=O)N(C[C@@H](NC(=O)N[C@H](C(=O)N2C[C@H]3[C@@H]([C@H]2C(=O)NC2(C(=O)C(=O)NC4CC4)CC2)C3(C)C)C(C)(C)C)C(C)(C)C)C(=O)C1. The monoisotopic (exact) mass is 684 g/mol. The molecule has 49 heavy (non-hydrogen) atoms. The summed E-state index contributed by atoms with van der Waals surface area (Å²) in [5.74, 6) is -2.82. The molecule has 272 valence electrons. The number of carbonyl (C=O) groups is 7. The molecule has 0 aromatic rings. The van der Waals surface area contributed by atoms with Gasteiger partial charge in [0.25, 0.3) is 5.91 Å². The second kappa shape index (κ2) is 12.1. The van der Waals surface area contributed by atoms with E-state index in [1.807, 2.05) is 55.4 Å². The summed E-state index contributed by atoms with van der Waals surface area (Å²) in [5, 5.41) is 11.4. The number of fused-ring (bicyclic) bond motifs is 1. The Morgan fingerprint density at radius 1 is 0.857 bits per heavy atom. The lowest BCUT2D eigenvalue weighted by Crippen LogP contribution is -2.63. The molecule has 2 heterocycles. The van der Waals surface area contributed by atoms with E-state index in [2.05, 4.69) is 35.1 Å². The fraction of sp³-hybridized carbons (Fsp3) is 0.806. The second-order valence-electron chi connectivity index (χ2n) is 18.8. The van der Waals surface area contributed by atoms with Crippen LogP contribution in [-0.4, -0.2) is 93.9 Å². The van der Waals surface area contributed by atoms with Crippen LogP contribution in [0.15, 0.2) is 0 Å². The number of nitrogens with one attached hydrogen (secondary N) is 4. The molecule has 3 aliphatic carbocycles. The summed E-state index contributed by atoms with van der Waals surface area (Å²) in [6.45, 7) is 19.4. The maximum Gasteiger partial charge on any atom is 0.315 e. The number of urea groups is 1. The van der Waals surface area contributed by atoms with E-state index >= 15 is 0 Å². The van der Waals surface area contributed by atoms with Crippen molar-refractivity contribution in [3.8, 4) is 0 Å². The van der Waals surface area contributed by atoms with E-state index in [-0.39, 0.29) is 54.5 Å². The van der Waals surface area contributed by atoms with Crippen LogP contribution in [0.3, 0.4) is 0 Å². The van der Waals surface area contributed by atoms with Crippen molar-refractivity contribution in [3.05, 3.63) is 0 Å². The van der Waals surface area contributed by atoms with Crippen LogP contribution in [0.2, 0.25) is 0 Å². The molecule has 2 aliphatic heterocycles.